The zero-order valence-corrected chi connectivity index (χ0v) is 11.3. The van der Waals surface area contributed by atoms with E-state index in [1.165, 1.54) is 11.1 Å². The molecule has 0 aliphatic carbocycles. The smallest absolute Gasteiger partial charge is 0.129 e. The van der Waals surface area contributed by atoms with Crippen molar-refractivity contribution in [3.05, 3.63) is 72.2 Å². The minimum atomic E-state index is 0.562. The fraction of sp³-hybridized carbons (Fsp3) is 0.118. The number of nitrogens with one attached hydrogen (secondary N) is 1. The second kappa shape index (κ2) is 5.61. The number of rotatable bonds is 4. The van der Waals surface area contributed by atoms with Crippen LogP contribution in [0.2, 0.25) is 0 Å². The van der Waals surface area contributed by atoms with Gasteiger partial charge in [0.1, 0.15) is 12.4 Å². The Morgan fingerprint density at radius 1 is 1.10 bits per heavy atom. The Bertz CT molecular complexity index is 690. The van der Waals surface area contributed by atoms with Crippen LogP contribution < -0.4 is 4.74 Å². The molecule has 0 radical (unpaired) electrons. The second-order valence-corrected chi connectivity index (χ2v) is 4.74. The molecule has 2 aromatic carbocycles. The molecule has 0 unspecified atom stereocenters. The average molecular weight is 264 g/mol. The molecule has 100 valence electrons. The van der Waals surface area contributed by atoms with Crippen molar-refractivity contribution in [3.8, 4) is 17.0 Å². The highest BCUT2D eigenvalue weighted by molar-refractivity contribution is 5.66. The zero-order chi connectivity index (χ0) is 13.8. The molecule has 1 N–H and O–H groups in total. The Hall–Kier alpha value is -2.55. The summed E-state index contributed by atoms with van der Waals surface area (Å²) in [6, 6.07) is 16.3. The van der Waals surface area contributed by atoms with E-state index in [-0.39, 0.29) is 0 Å². The average Bonchev–Trinajstić information content (AvgIpc) is 3.00. The van der Waals surface area contributed by atoms with Crippen LogP contribution in [0.3, 0.4) is 0 Å². The number of ether oxygens (including phenoxy) is 1. The molecule has 3 heteroatoms. The maximum absolute atomic E-state index is 5.95. The van der Waals surface area contributed by atoms with E-state index in [0.29, 0.717) is 6.61 Å². The van der Waals surface area contributed by atoms with Crippen molar-refractivity contribution in [1.29, 1.82) is 0 Å². The minimum absolute atomic E-state index is 0.562. The summed E-state index contributed by atoms with van der Waals surface area (Å²) in [5.74, 6) is 0.859. The number of hydrogen-bond acceptors (Lipinski definition) is 2. The zero-order valence-electron chi connectivity index (χ0n) is 11.3. The third-order valence-corrected chi connectivity index (χ3v) is 3.15. The molecule has 3 rings (SSSR count). The van der Waals surface area contributed by atoms with E-state index < -0.39 is 0 Å². The van der Waals surface area contributed by atoms with Crippen molar-refractivity contribution in [2.24, 2.45) is 0 Å². The highest BCUT2D eigenvalue weighted by Crippen LogP contribution is 2.28. The van der Waals surface area contributed by atoms with Crippen LogP contribution in [-0.2, 0) is 6.61 Å². The van der Waals surface area contributed by atoms with Crippen molar-refractivity contribution in [2.45, 2.75) is 13.5 Å². The fourth-order valence-electron chi connectivity index (χ4n) is 2.18. The van der Waals surface area contributed by atoms with Crippen LogP contribution in [0.15, 0.2) is 61.1 Å². The molecule has 0 amide bonds. The summed E-state index contributed by atoms with van der Waals surface area (Å²) in [6.45, 7) is 2.65. The molecule has 0 saturated carbocycles. The molecular formula is C17H16N2O. The van der Waals surface area contributed by atoms with Gasteiger partial charge in [0, 0.05) is 5.56 Å². The predicted octanol–water partition coefficient (Wildman–Crippen LogP) is 3.96. The summed E-state index contributed by atoms with van der Waals surface area (Å²) in [6.07, 6.45) is 3.47. The number of aromatic amines is 1. The molecule has 0 aliphatic rings. The Morgan fingerprint density at radius 2 is 2.00 bits per heavy atom. The molecule has 0 bridgehead atoms. The van der Waals surface area contributed by atoms with Crippen molar-refractivity contribution in [2.75, 3.05) is 0 Å². The second-order valence-electron chi connectivity index (χ2n) is 4.74. The van der Waals surface area contributed by atoms with Gasteiger partial charge in [-0.1, -0.05) is 42.0 Å². The van der Waals surface area contributed by atoms with Gasteiger partial charge < -0.3 is 9.72 Å². The van der Waals surface area contributed by atoms with Gasteiger partial charge >= 0.3 is 0 Å². The first-order chi connectivity index (χ1) is 9.83. The van der Waals surface area contributed by atoms with Gasteiger partial charge in [-0.3, -0.25) is 0 Å². The van der Waals surface area contributed by atoms with Gasteiger partial charge in [-0.05, 0) is 24.6 Å². The topological polar surface area (TPSA) is 37.9 Å². The van der Waals surface area contributed by atoms with Crippen LogP contribution in [0.25, 0.3) is 11.3 Å². The normalized spacial score (nSPS) is 10.4. The first-order valence-electron chi connectivity index (χ1n) is 6.59. The number of aromatic nitrogens is 2. The first kappa shape index (κ1) is 12.5. The lowest BCUT2D eigenvalue weighted by Crippen LogP contribution is -1.97. The summed E-state index contributed by atoms with van der Waals surface area (Å²) in [5.41, 5.74) is 4.40. The highest BCUT2D eigenvalue weighted by atomic mass is 16.5. The van der Waals surface area contributed by atoms with Gasteiger partial charge in [-0.15, -0.1) is 0 Å². The van der Waals surface area contributed by atoms with Crippen molar-refractivity contribution in [1.82, 2.24) is 9.97 Å². The minimum Gasteiger partial charge on any atom is -0.488 e. The molecule has 0 saturated heterocycles. The van der Waals surface area contributed by atoms with Crippen molar-refractivity contribution in [3.63, 3.8) is 0 Å². The molecule has 0 atom stereocenters. The van der Waals surface area contributed by atoms with Crippen LogP contribution in [0.1, 0.15) is 11.1 Å². The SMILES string of the molecule is Cc1cccc(COc2ccccc2-c2cnc[nH]2)c1. The van der Waals surface area contributed by atoms with Crippen LogP contribution in [-0.4, -0.2) is 9.97 Å². The number of para-hydroxylation sites is 1. The van der Waals surface area contributed by atoms with Gasteiger partial charge in [0.2, 0.25) is 0 Å². The van der Waals surface area contributed by atoms with E-state index in [1.54, 1.807) is 12.5 Å². The Kier molecular flexibility index (Phi) is 3.50. The van der Waals surface area contributed by atoms with Gasteiger partial charge in [-0.2, -0.15) is 0 Å². The third-order valence-electron chi connectivity index (χ3n) is 3.15. The van der Waals surface area contributed by atoms with Crippen LogP contribution >= 0.6 is 0 Å². The van der Waals surface area contributed by atoms with E-state index in [1.807, 2.05) is 24.3 Å². The van der Waals surface area contributed by atoms with E-state index in [4.69, 9.17) is 4.74 Å². The number of hydrogen-bond donors (Lipinski definition) is 1. The summed E-state index contributed by atoms with van der Waals surface area (Å²) < 4.78 is 5.95. The third kappa shape index (κ3) is 2.72. The molecular weight excluding hydrogens is 248 g/mol. The lowest BCUT2D eigenvalue weighted by Gasteiger charge is -2.10. The molecule has 3 nitrogen and oxygen atoms in total. The molecule has 0 spiro atoms. The largest absolute Gasteiger partial charge is 0.488 e. The van der Waals surface area contributed by atoms with Crippen molar-refractivity contribution < 1.29 is 4.74 Å². The predicted molar refractivity (Wildman–Crippen MR) is 79.5 cm³/mol. The number of imidazole rings is 1. The number of nitrogens with zero attached hydrogens (tertiary/aromatic N) is 1. The lowest BCUT2D eigenvalue weighted by molar-refractivity contribution is 0.307. The van der Waals surface area contributed by atoms with E-state index in [2.05, 4.69) is 41.2 Å². The maximum Gasteiger partial charge on any atom is 0.129 e. The van der Waals surface area contributed by atoms with Gasteiger partial charge in [0.25, 0.3) is 0 Å². The summed E-state index contributed by atoms with van der Waals surface area (Å²) in [7, 11) is 0. The molecule has 0 aliphatic heterocycles. The Labute approximate surface area is 118 Å². The number of H-pyrrole nitrogens is 1. The number of aryl methyl sites for hydroxylation is 1. The monoisotopic (exact) mass is 264 g/mol. The molecule has 0 fully saturated rings. The molecule has 1 heterocycles. The van der Waals surface area contributed by atoms with Gasteiger partial charge in [-0.25, -0.2) is 4.98 Å². The van der Waals surface area contributed by atoms with E-state index in [9.17, 15) is 0 Å². The number of benzene rings is 2. The maximum atomic E-state index is 5.95. The molecule has 3 aromatic rings. The van der Waals surface area contributed by atoms with E-state index >= 15 is 0 Å². The molecule has 20 heavy (non-hydrogen) atoms. The van der Waals surface area contributed by atoms with Gasteiger partial charge in [0.15, 0.2) is 0 Å². The first-order valence-corrected chi connectivity index (χ1v) is 6.59. The van der Waals surface area contributed by atoms with Gasteiger partial charge in [0.05, 0.1) is 18.2 Å². The highest BCUT2D eigenvalue weighted by Gasteiger charge is 2.06. The Balaban J connectivity index is 1.81. The quantitative estimate of drug-likeness (QED) is 0.774. The lowest BCUT2D eigenvalue weighted by atomic mass is 10.1. The van der Waals surface area contributed by atoms with Crippen LogP contribution in [0, 0.1) is 6.92 Å². The van der Waals surface area contributed by atoms with Crippen LogP contribution in [0.5, 0.6) is 5.75 Å². The summed E-state index contributed by atoms with van der Waals surface area (Å²) in [4.78, 5) is 7.17. The fourth-order valence-corrected chi connectivity index (χ4v) is 2.18. The van der Waals surface area contributed by atoms with Crippen LogP contribution in [0.4, 0.5) is 0 Å². The van der Waals surface area contributed by atoms with Crippen molar-refractivity contribution >= 4 is 0 Å². The summed E-state index contributed by atoms with van der Waals surface area (Å²) >= 11 is 0. The summed E-state index contributed by atoms with van der Waals surface area (Å²) in [5, 5.41) is 0. The Morgan fingerprint density at radius 3 is 2.80 bits per heavy atom. The molecule has 1 aromatic heterocycles. The standard InChI is InChI=1S/C17H16N2O/c1-13-5-4-6-14(9-13)11-20-17-8-3-2-7-15(17)16-10-18-12-19-16/h2-10,12H,11H2,1H3,(H,18,19). The van der Waals surface area contributed by atoms with E-state index in [0.717, 1.165) is 17.0 Å².